The van der Waals surface area contributed by atoms with Crippen molar-refractivity contribution in [3.63, 3.8) is 0 Å². The van der Waals surface area contributed by atoms with Gasteiger partial charge in [-0.1, -0.05) is 18.2 Å². The van der Waals surface area contributed by atoms with Crippen molar-refractivity contribution in [1.29, 1.82) is 0 Å². The molecule has 1 fully saturated rings. The van der Waals surface area contributed by atoms with Gasteiger partial charge >= 0.3 is 0 Å². The van der Waals surface area contributed by atoms with Gasteiger partial charge in [0.15, 0.2) is 0 Å². The third-order valence-electron chi connectivity index (χ3n) is 6.75. The largest absolute Gasteiger partial charge is 0.508 e. The Labute approximate surface area is 198 Å². The molecule has 2 aromatic rings. The van der Waals surface area contributed by atoms with Crippen molar-refractivity contribution in [2.75, 3.05) is 46.0 Å². The van der Waals surface area contributed by atoms with Crippen molar-refractivity contribution in [3.8, 4) is 11.5 Å². The van der Waals surface area contributed by atoms with E-state index in [-0.39, 0.29) is 31.4 Å². The van der Waals surface area contributed by atoms with Crippen molar-refractivity contribution < 1.29 is 27.4 Å². The highest BCUT2D eigenvalue weighted by molar-refractivity contribution is 5.49. The predicted molar refractivity (Wildman–Crippen MR) is 123 cm³/mol. The van der Waals surface area contributed by atoms with E-state index >= 15 is 8.78 Å². The Morgan fingerprint density at radius 3 is 2.47 bits per heavy atom. The van der Waals surface area contributed by atoms with Gasteiger partial charge in [0.2, 0.25) is 0 Å². The zero-order valence-corrected chi connectivity index (χ0v) is 19.6. The minimum atomic E-state index is -2.83. The standard InChI is InChI=1S/C26H32F4N2O2/c1-25(2,30)17-32-10-9-19-13-21(33)5-8-23(19)26(32,24(28)29)20-3-6-22(7-4-20)34-12-11-31-15-18(14-27)16-31/h3-8,13,18,24,33H,9-12,14-17H2,1-2H3/t26-/m0/s1. The first-order valence-electron chi connectivity index (χ1n) is 11.7. The number of phenols is 1. The number of ether oxygens (including phenoxy) is 1. The Morgan fingerprint density at radius 2 is 1.85 bits per heavy atom. The molecule has 4 rings (SSSR count). The highest BCUT2D eigenvalue weighted by Crippen LogP contribution is 2.47. The number of benzene rings is 2. The van der Waals surface area contributed by atoms with E-state index in [4.69, 9.17) is 4.74 Å². The molecule has 0 saturated carbocycles. The van der Waals surface area contributed by atoms with E-state index in [0.717, 1.165) is 13.1 Å². The van der Waals surface area contributed by atoms with E-state index < -0.39 is 17.6 Å². The van der Waals surface area contributed by atoms with Crippen LogP contribution in [-0.2, 0) is 12.0 Å². The first-order chi connectivity index (χ1) is 16.1. The smallest absolute Gasteiger partial charge is 0.265 e. The maximum absolute atomic E-state index is 15.1. The molecule has 34 heavy (non-hydrogen) atoms. The Morgan fingerprint density at radius 1 is 1.15 bits per heavy atom. The molecular formula is C26H32F4N2O2. The first kappa shape index (κ1) is 24.8. The van der Waals surface area contributed by atoms with Gasteiger partial charge in [0.25, 0.3) is 6.43 Å². The number of hydrogen-bond donors (Lipinski definition) is 1. The lowest BCUT2D eigenvalue weighted by molar-refractivity contribution is -0.0581. The van der Waals surface area contributed by atoms with Crippen molar-refractivity contribution in [2.24, 2.45) is 5.92 Å². The number of halogens is 4. The molecule has 0 aromatic heterocycles. The molecule has 4 nitrogen and oxygen atoms in total. The second-order valence-corrected chi connectivity index (χ2v) is 9.95. The molecule has 0 spiro atoms. The van der Waals surface area contributed by atoms with Crippen LogP contribution in [0.3, 0.4) is 0 Å². The van der Waals surface area contributed by atoms with Crippen LogP contribution in [0.5, 0.6) is 11.5 Å². The third kappa shape index (κ3) is 4.89. The number of alkyl halides is 4. The predicted octanol–water partition coefficient (Wildman–Crippen LogP) is 4.79. The summed E-state index contributed by atoms with van der Waals surface area (Å²) in [6.45, 7) is 5.10. The van der Waals surface area contributed by atoms with Gasteiger partial charge in [0.05, 0.1) is 6.67 Å². The number of nitrogens with zero attached hydrogens (tertiary/aromatic N) is 2. The minimum absolute atomic E-state index is 0.0185. The minimum Gasteiger partial charge on any atom is -0.508 e. The molecule has 0 unspecified atom stereocenters. The summed E-state index contributed by atoms with van der Waals surface area (Å²) in [6.07, 6.45) is -2.39. The summed E-state index contributed by atoms with van der Waals surface area (Å²) in [4.78, 5) is 3.63. The summed E-state index contributed by atoms with van der Waals surface area (Å²) in [5.74, 6) is 0.683. The summed E-state index contributed by atoms with van der Waals surface area (Å²) in [5, 5.41) is 9.93. The fraction of sp³-hybridized carbons (Fsp3) is 0.538. The second-order valence-electron chi connectivity index (χ2n) is 9.95. The topological polar surface area (TPSA) is 35.9 Å². The molecule has 0 amide bonds. The fourth-order valence-electron chi connectivity index (χ4n) is 5.19. The summed E-state index contributed by atoms with van der Waals surface area (Å²) in [5.41, 5.74) is -2.16. The van der Waals surface area contributed by atoms with Crippen LogP contribution in [0.2, 0.25) is 0 Å². The number of fused-ring (bicyclic) bond motifs is 1. The lowest BCUT2D eigenvalue weighted by Crippen LogP contribution is -2.58. The number of hydrogen-bond acceptors (Lipinski definition) is 4. The molecule has 2 aliphatic rings. The van der Waals surface area contributed by atoms with E-state index in [9.17, 15) is 13.9 Å². The molecule has 2 aliphatic heterocycles. The Kier molecular flexibility index (Phi) is 7.10. The molecule has 1 atom stereocenters. The maximum Gasteiger partial charge on any atom is 0.265 e. The average molecular weight is 481 g/mol. The van der Waals surface area contributed by atoms with Crippen molar-refractivity contribution >= 4 is 0 Å². The Balaban J connectivity index is 1.61. The van der Waals surface area contributed by atoms with Crippen molar-refractivity contribution in [1.82, 2.24) is 9.80 Å². The molecular weight excluding hydrogens is 448 g/mol. The normalized spacial score (nSPS) is 22.0. The molecule has 0 aliphatic carbocycles. The highest BCUT2D eigenvalue weighted by Gasteiger charge is 2.52. The van der Waals surface area contributed by atoms with Gasteiger partial charge < -0.3 is 9.84 Å². The van der Waals surface area contributed by atoms with Gasteiger partial charge in [-0.05, 0) is 61.2 Å². The molecule has 8 heteroatoms. The Bertz CT molecular complexity index is 974. The first-order valence-corrected chi connectivity index (χ1v) is 11.7. The molecule has 2 aromatic carbocycles. The summed E-state index contributed by atoms with van der Waals surface area (Å²) >= 11 is 0. The van der Waals surface area contributed by atoms with E-state index in [1.54, 1.807) is 24.3 Å². The van der Waals surface area contributed by atoms with E-state index in [1.165, 1.54) is 36.9 Å². The summed E-state index contributed by atoms with van der Waals surface area (Å²) < 4.78 is 63.2. The van der Waals surface area contributed by atoms with E-state index in [0.29, 0.717) is 42.0 Å². The van der Waals surface area contributed by atoms with Crippen LogP contribution < -0.4 is 4.74 Å². The SMILES string of the molecule is CC(C)(F)CN1CCc2cc(O)ccc2[C@@]1(c1ccc(OCCN2CC(CF)C2)cc1)C(F)F. The quantitative estimate of drug-likeness (QED) is 0.524. The van der Waals surface area contributed by atoms with Gasteiger partial charge in [0, 0.05) is 38.6 Å². The van der Waals surface area contributed by atoms with Gasteiger partial charge in [-0.3, -0.25) is 14.2 Å². The molecule has 186 valence electrons. The average Bonchev–Trinajstić information content (AvgIpc) is 2.74. The number of likely N-dealkylation sites (tertiary alicyclic amines) is 1. The van der Waals surface area contributed by atoms with Gasteiger partial charge in [-0.2, -0.15) is 0 Å². The van der Waals surface area contributed by atoms with Crippen LogP contribution in [0.4, 0.5) is 17.6 Å². The van der Waals surface area contributed by atoms with Crippen molar-refractivity contribution in [2.45, 2.75) is 37.9 Å². The number of phenolic OH excluding ortho intramolecular Hbond substituents is 1. The fourth-order valence-corrected chi connectivity index (χ4v) is 5.19. The van der Waals surface area contributed by atoms with Crippen LogP contribution in [0.25, 0.3) is 0 Å². The Hall–Kier alpha value is -2.32. The zero-order chi connectivity index (χ0) is 24.5. The van der Waals surface area contributed by atoms with Crippen LogP contribution in [-0.4, -0.2) is 73.0 Å². The maximum atomic E-state index is 15.1. The van der Waals surface area contributed by atoms with E-state index in [1.807, 2.05) is 0 Å². The van der Waals surface area contributed by atoms with Gasteiger partial charge in [0.1, 0.15) is 29.3 Å². The summed E-state index contributed by atoms with van der Waals surface area (Å²) in [7, 11) is 0. The molecule has 0 bridgehead atoms. The molecule has 0 radical (unpaired) electrons. The van der Waals surface area contributed by atoms with Crippen molar-refractivity contribution in [3.05, 3.63) is 59.2 Å². The second kappa shape index (κ2) is 9.74. The monoisotopic (exact) mass is 480 g/mol. The number of aromatic hydroxyl groups is 1. The summed E-state index contributed by atoms with van der Waals surface area (Å²) in [6, 6.07) is 11.0. The van der Waals surface area contributed by atoms with Gasteiger partial charge in [-0.15, -0.1) is 0 Å². The molecule has 2 heterocycles. The van der Waals surface area contributed by atoms with Crippen LogP contribution in [0, 0.1) is 5.92 Å². The lowest BCUT2D eigenvalue weighted by atomic mass is 9.75. The molecule has 1 N–H and O–H groups in total. The highest BCUT2D eigenvalue weighted by atomic mass is 19.3. The molecule has 1 saturated heterocycles. The van der Waals surface area contributed by atoms with Crippen LogP contribution in [0.1, 0.15) is 30.5 Å². The van der Waals surface area contributed by atoms with Crippen LogP contribution >= 0.6 is 0 Å². The zero-order valence-electron chi connectivity index (χ0n) is 19.6. The van der Waals surface area contributed by atoms with Crippen LogP contribution in [0.15, 0.2) is 42.5 Å². The lowest BCUT2D eigenvalue weighted by Gasteiger charge is -2.49. The third-order valence-corrected chi connectivity index (χ3v) is 6.75. The number of rotatable bonds is 9. The van der Waals surface area contributed by atoms with E-state index in [2.05, 4.69) is 4.90 Å². The van der Waals surface area contributed by atoms with Gasteiger partial charge in [-0.25, -0.2) is 13.2 Å².